The van der Waals surface area contributed by atoms with E-state index >= 15 is 0 Å². The lowest BCUT2D eigenvalue weighted by Gasteiger charge is -2.29. The summed E-state index contributed by atoms with van der Waals surface area (Å²) in [5.74, 6) is 0.146. The smallest absolute Gasteiger partial charge is 0.257 e. The van der Waals surface area contributed by atoms with Crippen LogP contribution in [0, 0.1) is 0 Å². The minimum atomic E-state index is -0.702. The number of imide groups is 1. The fraction of sp³-hybridized carbons (Fsp3) is 0.346. The number of rotatable bonds is 10. The van der Waals surface area contributed by atoms with E-state index in [0.29, 0.717) is 29.7 Å². The summed E-state index contributed by atoms with van der Waals surface area (Å²) in [7, 11) is 3.95. The highest BCUT2D eigenvalue weighted by atomic mass is 32.1. The summed E-state index contributed by atoms with van der Waals surface area (Å²) >= 11 is 5.62. The number of thiocarbonyl (C=S) groups is 1. The van der Waals surface area contributed by atoms with Crippen LogP contribution in [0.2, 0.25) is 0 Å². The van der Waals surface area contributed by atoms with E-state index in [9.17, 15) is 9.59 Å². The van der Waals surface area contributed by atoms with Crippen molar-refractivity contribution in [3.63, 3.8) is 0 Å². The Morgan fingerprint density at radius 3 is 2.44 bits per heavy atom. The van der Waals surface area contributed by atoms with E-state index in [0.717, 1.165) is 24.2 Å². The number of hydrogen-bond donors (Lipinski definition) is 1. The Morgan fingerprint density at radius 1 is 1.18 bits per heavy atom. The van der Waals surface area contributed by atoms with Gasteiger partial charge in [-0.05, 0) is 67.2 Å². The molecule has 0 bridgehead atoms. The number of carbonyl (C=O) groups excluding carboxylic acids is 2. The van der Waals surface area contributed by atoms with Crippen molar-refractivity contribution in [2.75, 3.05) is 42.4 Å². The molecule has 0 radical (unpaired) electrons. The average molecular weight is 481 g/mol. The number of amides is 2. The van der Waals surface area contributed by atoms with Crippen LogP contribution in [0.25, 0.3) is 0 Å². The van der Waals surface area contributed by atoms with Crippen LogP contribution in [0.1, 0.15) is 26.2 Å². The molecule has 34 heavy (non-hydrogen) atoms. The summed E-state index contributed by atoms with van der Waals surface area (Å²) in [4.78, 5) is 31.1. The maximum atomic E-state index is 13.3. The van der Waals surface area contributed by atoms with E-state index in [1.54, 1.807) is 35.2 Å². The van der Waals surface area contributed by atoms with Crippen molar-refractivity contribution in [3.8, 4) is 5.75 Å². The molecule has 1 N–H and O–H groups in total. The molecule has 180 valence electrons. The summed E-state index contributed by atoms with van der Waals surface area (Å²) in [6, 6.07) is 14.1. The highest BCUT2D eigenvalue weighted by Gasteiger charge is 2.43. The molecule has 1 fully saturated rings. The van der Waals surface area contributed by atoms with Crippen molar-refractivity contribution in [2.45, 2.75) is 32.2 Å². The number of nitrogens with one attached hydrogen (secondary N) is 1. The molecule has 1 saturated heterocycles. The minimum absolute atomic E-state index is 0.0445. The van der Waals surface area contributed by atoms with Crippen molar-refractivity contribution in [1.29, 1.82) is 0 Å². The lowest BCUT2D eigenvalue weighted by molar-refractivity contribution is -0.122. The van der Waals surface area contributed by atoms with Crippen LogP contribution >= 0.6 is 12.2 Å². The van der Waals surface area contributed by atoms with Crippen molar-refractivity contribution in [1.82, 2.24) is 4.90 Å². The van der Waals surface area contributed by atoms with Crippen molar-refractivity contribution in [2.24, 2.45) is 0 Å². The highest BCUT2D eigenvalue weighted by Crippen LogP contribution is 2.28. The third-order valence-electron chi connectivity index (χ3n) is 5.58. The molecule has 2 aromatic carbocycles. The number of hydrogen-bond acceptors (Lipinski definition) is 5. The Labute approximate surface area is 207 Å². The van der Waals surface area contributed by atoms with E-state index in [4.69, 9.17) is 17.0 Å². The van der Waals surface area contributed by atoms with Crippen molar-refractivity contribution in [3.05, 3.63) is 61.2 Å². The molecule has 1 atom stereocenters. The largest absolute Gasteiger partial charge is 0.494 e. The first-order valence-electron chi connectivity index (χ1n) is 11.4. The van der Waals surface area contributed by atoms with Gasteiger partial charge in [0.15, 0.2) is 5.11 Å². The Bertz CT molecular complexity index is 1020. The summed E-state index contributed by atoms with van der Waals surface area (Å²) < 4.78 is 5.68. The Hall–Kier alpha value is -3.39. The van der Waals surface area contributed by atoms with Crippen LogP contribution in [0.5, 0.6) is 5.75 Å². The van der Waals surface area contributed by atoms with Crippen LogP contribution in [0.4, 0.5) is 17.1 Å². The fourth-order valence-corrected chi connectivity index (χ4v) is 4.01. The summed E-state index contributed by atoms with van der Waals surface area (Å²) in [5.41, 5.74) is 2.39. The first-order chi connectivity index (χ1) is 16.3. The third kappa shape index (κ3) is 5.94. The zero-order valence-electron chi connectivity index (χ0n) is 20.0. The molecule has 0 unspecified atom stereocenters. The molecule has 0 aromatic heterocycles. The lowest BCUT2D eigenvalue weighted by atomic mass is 10.2. The van der Waals surface area contributed by atoms with Gasteiger partial charge < -0.3 is 19.9 Å². The van der Waals surface area contributed by atoms with Gasteiger partial charge in [-0.15, -0.1) is 6.58 Å². The molecular formula is C26H32N4O3S. The maximum absolute atomic E-state index is 13.3. The number of benzene rings is 2. The van der Waals surface area contributed by atoms with E-state index in [2.05, 4.69) is 18.8 Å². The van der Waals surface area contributed by atoms with Crippen LogP contribution in [0.3, 0.4) is 0 Å². The van der Waals surface area contributed by atoms with Gasteiger partial charge >= 0.3 is 0 Å². The first-order valence-corrected chi connectivity index (χ1v) is 11.8. The Morgan fingerprint density at radius 2 is 1.85 bits per heavy atom. The predicted octanol–water partition coefficient (Wildman–Crippen LogP) is 4.45. The zero-order valence-corrected chi connectivity index (χ0v) is 20.8. The van der Waals surface area contributed by atoms with Gasteiger partial charge in [0.25, 0.3) is 5.91 Å². The summed E-state index contributed by atoms with van der Waals surface area (Å²) in [5, 5.41) is 3.55. The maximum Gasteiger partial charge on any atom is 0.257 e. The fourth-order valence-electron chi connectivity index (χ4n) is 3.69. The zero-order chi connectivity index (χ0) is 24.7. The summed E-state index contributed by atoms with van der Waals surface area (Å²) in [6.45, 7) is 6.87. The Kier molecular flexibility index (Phi) is 8.65. The van der Waals surface area contributed by atoms with E-state index in [-0.39, 0.29) is 18.2 Å². The second-order valence-corrected chi connectivity index (χ2v) is 8.68. The highest BCUT2D eigenvalue weighted by molar-refractivity contribution is 7.80. The number of unbranched alkanes of at least 4 members (excludes halogenated alkanes) is 1. The van der Waals surface area contributed by atoms with Crippen LogP contribution < -0.4 is 19.9 Å². The Balaban J connectivity index is 1.72. The van der Waals surface area contributed by atoms with Gasteiger partial charge in [-0.1, -0.05) is 19.4 Å². The van der Waals surface area contributed by atoms with Crippen LogP contribution in [-0.2, 0) is 9.59 Å². The number of carbonyl (C=O) groups is 2. The molecule has 0 aliphatic carbocycles. The van der Waals surface area contributed by atoms with Gasteiger partial charge in [-0.25, -0.2) is 4.90 Å². The summed E-state index contributed by atoms with van der Waals surface area (Å²) in [6.07, 6.45) is 3.74. The molecule has 0 saturated carbocycles. The van der Waals surface area contributed by atoms with Crippen LogP contribution in [0.15, 0.2) is 61.2 Å². The van der Waals surface area contributed by atoms with E-state index in [1.807, 2.05) is 43.3 Å². The quantitative estimate of drug-likeness (QED) is 0.233. The molecule has 1 aliphatic heterocycles. The topological polar surface area (TPSA) is 65.1 Å². The second-order valence-electron chi connectivity index (χ2n) is 8.30. The molecule has 0 spiro atoms. The van der Waals surface area contributed by atoms with Gasteiger partial charge in [0.1, 0.15) is 11.8 Å². The first kappa shape index (κ1) is 25.2. The third-order valence-corrected chi connectivity index (χ3v) is 5.92. The van der Waals surface area contributed by atoms with Gasteiger partial charge in [-0.3, -0.25) is 9.59 Å². The molecule has 3 rings (SSSR count). The van der Waals surface area contributed by atoms with Gasteiger partial charge in [0, 0.05) is 32.0 Å². The second kappa shape index (κ2) is 11.7. The number of ether oxygens (including phenoxy) is 1. The van der Waals surface area contributed by atoms with Crippen molar-refractivity contribution < 1.29 is 14.3 Å². The lowest BCUT2D eigenvalue weighted by Crippen LogP contribution is -2.47. The number of anilines is 3. The predicted molar refractivity (Wildman–Crippen MR) is 142 cm³/mol. The molecular weight excluding hydrogens is 448 g/mol. The molecule has 2 amide bonds. The molecule has 1 aliphatic rings. The van der Waals surface area contributed by atoms with E-state index < -0.39 is 6.04 Å². The SMILES string of the molecule is C=CCN(C(=S)Nc1ccc(N(C)C)cc1)[C@@H]1CC(=O)N(c2ccc(OCCCC)cc2)C1=O. The standard InChI is InChI=1S/C26H32N4O3S/c1-5-7-17-33-22-14-12-21(13-15-22)30-24(31)18-23(25(30)32)29(16-6-2)26(34)27-19-8-10-20(11-9-19)28(3)4/h6,8-15,23H,2,5,7,16-18H2,1,3-4H3,(H,27,34)/t23-/m1/s1. The number of nitrogens with zero attached hydrogens (tertiary/aromatic N) is 3. The van der Waals surface area contributed by atoms with Gasteiger partial charge in [0.05, 0.1) is 18.7 Å². The van der Waals surface area contributed by atoms with Gasteiger partial charge in [0.2, 0.25) is 5.91 Å². The molecule has 1 heterocycles. The minimum Gasteiger partial charge on any atom is -0.494 e. The normalized spacial score (nSPS) is 15.3. The van der Waals surface area contributed by atoms with Crippen LogP contribution in [-0.4, -0.2) is 55.1 Å². The monoisotopic (exact) mass is 480 g/mol. The average Bonchev–Trinajstić information content (AvgIpc) is 3.11. The molecule has 2 aromatic rings. The van der Waals surface area contributed by atoms with E-state index in [1.165, 1.54) is 4.90 Å². The van der Waals surface area contributed by atoms with Crippen molar-refractivity contribution >= 4 is 46.2 Å². The molecule has 8 heteroatoms. The molecule has 7 nitrogen and oxygen atoms in total. The van der Waals surface area contributed by atoms with Gasteiger partial charge in [-0.2, -0.15) is 0 Å².